The summed E-state index contributed by atoms with van der Waals surface area (Å²) in [6.07, 6.45) is 0. The number of rotatable bonds is 6. The molecule has 0 aliphatic heterocycles. The third kappa shape index (κ3) is 4.37. The SMILES string of the molecule is COc1ccccc1C(=O)Nc1nc(C(=O)Nc2nc3ccc(C(=O)O)cc3s2)cs1. The predicted molar refractivity (Wildman–Crippen MR) is 118 cm³/mol. The van der Waals surface area contributed by atoms with Crippen LogP contribution in [0, 0.1) is 0 Å². The highest BCUT2D eigenvalue weighted by Crippen LogP contribution is 2.28. The van der Waals surface area contributed by atoms with Crippen LogP contribution in [-0.2, 0) is 0 Å². The molecule has 0 spiro atoms. The lowest BCUT2D eigenvalue weighted by atomic mass is 10.2. The topological polar surface area (TPSA) is 131 Å². The van der Waals surface area contributed by atoms with E-state index in [1.807, 2.05) is 0 Å². The molecule has 2 amide bonds. The highest BCUT2D eigenvalue weighted by Gasteiger charge is 2.17. The van der Waals surface area contributed by atoms with Gasteiger partial charge in [-0.25, -0.2) is 14.8 Å². The van der Waals surface area contributed by atoms with E-state index in [4.69, 9.17) is 9.84 Å². The van der Waals surface area contributed by atoms with Gasteiger partial charge in [-0.3, -0.25) is 20.2 Å². The molecule has 2 heterocycles. The Balaban J connectivity index is 1.46. The van der Waals surface area contributed by atoms with Gasteiger partial charge in [0, 0.05) is 5.38 Å². The lowest BCUT2D eigenvalue weighted by molar-refractivity contribution is 0.0696. The standard InChI is InChI=1S/C20H14N4O5S2/c1-29-14-5-3-2-4-11(14)16(25)23-19-22-13(9-30-19)17(26)24-20-21-12-7-6-10(18(27)28)8-15(12)31-20/h2-9H,1H3,(H,27,28)(H,21,24,26)(H,22,23,25). The lowest BCUT2D eigenvalue weighted by Gasteiger charge is -2.07. The Labute approximate surface area is 183 Å². The Hall–Kier alpha value is -3.83. The van der Waals surface area contributed by atoms with Crippen molar-refractivity contribution < 1.29 is 24.2 Å². The maximum Gasteiger partial charge on any atom is 0.335 e. The number of aromatic nitrogens is 2. The molecule has 0 radical (unpaired) electrons. The number of fused-ring (bicyclic) bond motifs is 1. The summed E-state index contributed by atoms with van der Waals surface area (Å²) in [5.74, 6) is -1.51. The number of carboxylic acid groups (broad SMARTS) is 1. The third-order valence-electron chi connectivity index (χ3n) is 4.16. The van der Waals surface area contributed by atoms with E-state index >= 15 is 0 Å². The van der Waals surface area contributed by atoms with Gasteiger partial charge >= 0.3 is 5.97 Å². The molecule has 0 fully saturated rings. The van der Waals surface area contributed by atoms with Crippen LogP contribution in [0.2, 0.25) is 0 Å². The summed E-state index contributed by atoms with van der Waals surface area (Å²) >= 11 is 2.26. The fourth-order valence-corrected chi connectivity index (χ4v) is 4.29. The molecule has 0 aliphatic rings. The summed E-state index contributed by atoms with van der Waals surface area (Å²) in [5, 5.41) is 16.5. The Morgan fingerprint density at radius 2 is 1.77 bits per heavy atom. The summed E-state index contributed by atoms with van der Waals surface area (Å²) in [5.41, 5.74) is 1.18. The van der Waals surface area contributed by atoms with E-state index in [2.05, 4.69) is 20.6 Å². The van der Waals surface area contributed by atoms with Crippen molar-refractivity contribution in [1.82, 2.24) is 9.97 Å². The molecule has 2 aromatic heterocycles. The highest BCUT2D eigenvalue weighted by molar-refractivity contribution is 7.22. The molecule has 11 heteroatoms. The van der Waals surface area contributed by atoms with Crippen LogP contribution in [0.4, 0.5) is 10.3 Å². The normalized spacial score (nSPS) is 10.6. The van der Waals surface area contributed by atoms with Gasteiger partial charge in [0.2, 0.25) is 0 Å². The second-order valence-corrected chi connectivity index (χ2v) is 8.04. The van der Waals surface area contributed by atoms with Gasteiger partial charge in [0.25, 0.3) is 11.8 Å². The van der Waals surface area contributed by atoms with E-state index in [0.717, 1.165) is 22.7 Å². The second-order valence-electron chi connectivity index (χ2n) is 6.15. The quantitative estimate of drug-likeness (QED) is 0.402. The van der Waals surface area contributed by atoms with E-state index < -0.39 is 17.8 Å². The van der Waals surface area contributed by atoms with Crippen molar-refractivity contribution in [3.05, 3.63) is 64.7 Å². The van der Waals surface area contributed by atoms with E-state index in [0.29, 0.717) is 26.7 Å². The Morgan fingerprint density at radius 1 is 1.00 bits per heavy atom. The third-order valence-corrected chi connectivity index (χ3v) is 5.86. The van der Waals surface area contributed by atoms with Gasteiger partial charge in [0.15, 0.2) is 10.3 Å². The zero-order valence-electron chi connectivity index (χ0n) is 15.9. The highest BCUT2D eigenvalue weighted by atomic mass is 32.1. The van der Waals surface area contributed by atoms with Gasteiger partial charge < -0.3 is 9.84 Å². The fourth-order valence-electron chi connectivity index (χ4n) is 2.70. The first kappa shape index (κ1) is 20.4. The predicted octanol–water partition coefficient (Wildman–Crippen LogP) is 3.96. The number of para-hydroxylation sites is 1. The smallest absolute Gasteiger partial charge is 0.335 e. The van der Waals surface area contributed by atoms with Gasteiger partial charge in [0.1, 0.15) is 11.4 Å². The number of carbonyl (C=O) groups is 3. The van der Waals surface area contributed by atoms with Crippen molar-refractivity contribution >= 4 is 60.9 Å². The number of ether oxygens (including phenoxy) is 1. The number of hydrogen-bond donors (Lipinski definition) is 3. The summed E-state index contributed by atoms with van der Waals surface area (Å²) in [6.45, 7) is 0. The molecular weight excluding hydrogens is 440 g/mol. The van der Waals surface area contributed by atoms with Crippen molar-refractivity contribution in [3.8, 4) is 5.75 Å². The minimum atomic E-state index is -1.04. The minimum absolute atomic E-state index is 0.116. The van der Waals surface area contributed by atoms with E-state index in [-0.39, 0.29) is 16.4 Å². The summed E-state index contributed by atoms with van der Waals surface area (Å²) in [7, 11) is 1.47. The van der Waals surface area contributed by atoms with Crippen LogP contribution in [0.25, 0.3) is 10.2 Å². The molecule has 0 unspecified atom stereocenters. The zero-order chi connectivity index (χ0) is 22.0. The van der Waals surface area contributed by atoms with Crippen LogP contribution < -0.4 is 15.4 Å². The molecular formula is C20H14N4O5S2. The number of nitrogens with zero attached hydrogens (tertiary/aromatic N) is 2. The Bertz CT molecular complexity index is 1310. The number of carbonyl (C=O) groups excluding carboxylic acids is 2. The van der Waals surface area contributed by atoms with Crippen LogP contribution >= 0.6 is 22.7 Å². The number of aromatic carboxylic acids is 1. The van der Waals surface area contributed by atoms with E-state index in [1.165, 1.54) is 24.6 Å². The summed E-state index contributed by atoms with van der Waals surface area (Å²) < 4.78 is 5.82. The summed E-state index contributed by atoms with van der Waals surface area (Å²) in [4.78, 5) is 44.5. The Kier molecular flexibility index (Phi) is 5.60. The molecule has 4 aromatic rings. The van der Waals surface area contributed by atoms with Crippen LogP contribution in [0.15, 0.2) is 47.8 Å². The maximum atomic E-state index is 12.5. The number of benzene rings is 2. The fraction of sp³-hybridized carbons (Fsp3) is 0.0500. The monoisotopic (exact) mass is 454 g/mol. The molecule has 3 N–H and O–H groups in total. The minimum Gasteiger partial charge on any atom is -0.496 e. The first-order chi connectivity index (χ1) is 14.9. The van der Waals surface area contributed by atoms with Crippen LogP contribution in [-0.4, -0.2) is 40.0 Å². The van der Waals surface area contributed by atoms with Gasteiger partial charge in [-0.05, 0) is 30.3 Å². The van der Waals surface area contributed by atoms with Crippen molar-refractivity contribution in [3.63, 3.8) is 0 Å². The summed E-state index contributed by atoms with van der Waals surface area (Å²) in [6, 6.07) is 11.3. The van der Waals surface area contributed by atoms with Crippen LogP contribution in [0.5, 0.6) is 5.75 Å². The number of methoxy groups -OCH3 is 1. The molecule has 0 saturated carbocycles. The molecule has 9 nitrogen and oxygen atoms in total. The van der Waals surface area contributed by atoms with Crippen LogP contribution in [0.1, 0.15) is 31.2 Å². The number of nitrogens with one attached hydrogen (secondary N) is 2. The number of hydrogen-bond acceptors (Lipinski definition) is 8. The van der Waals surface area contributed by atoms with Gasteiger partial charge in [-0.1, -0.05) is 23.5 Å². The molecule has 156 valence electrons. The number of carboxylic acids is 1. The van der Waals surface area contributed by atoms with Gasteiger partial charge in [0.05, 0.1) is 28.5 Å². The molecule has 31 heavy (non-hydrogen) atoms. The number of thiazole rings is 2. The largest absolute Gasteiger partial charge is 0.496 e. The molecule has 0 bridgehead atoms. The molecule has 0 aliphatic carbocycles. The van der Waals surface area contributed by atoms with Crippen molar-refractivity contribution in [2.45, 2.75) is 0 Å². The lowest BCUT2D eigenvalue weighted by Crippen LogP contribution is -2.14. The average Bonchev–Trinajstić information content (AvgIpc) is 3.39. The molecule has 0 saturated heterocycles. The zero-order valence-corrected chi connectivity index (χ0v) is 17.5. The van der Waals surface area contributed by atoms with E-state index in [1.54, 1.807) is 30.3 Å². The molecule has 2 aromatic carbocycles. The maximum absolute atomic E-state index is 12.5. The molecule has 4 rings (SSSR count). The number of anilines is 2. The average molecular weight is 454 g/mol. The van der Waals surface area contributed by atoms with E-state index in [9.17, 15) is 14.4 Å². The van der Waals surface area contributed by atoms with Crippen LogP contribution in [0.3, 0.4) is 0 Å². The van der Waals surface area contributed by atoms with Crippen molar-refractivity contribution in [2.75, 3.05) is 17.7 Å². The van der Waals surface area contributed by atoms with Gasteiger partial charge in [-0.15, -0.1) is 11.3 Å². The van der Waals surface area contributed by atoms with Gasteiger partial charge in [-0.2, -0.15) is 0 Å². The number of amides is 2. The Morgan fingerprint density at radius 3 is 2.55 bits per heavy atom. The first-order valence-electron chi connectivity index (χ1n) is 8.79. The van der Waals surface area contributed by atoms with Crippen molar-refractivity contribution in [2.24, 2.45) is 0 Å². The second kappa shape index (κ2) is 8.50. The van der Waals surface area contributed by atoms with Crippen molar-refractivity contribution in [1.29, 1.82) is 0 Å². The first-order valence-corrected chi connectivity index (χ1v) is 10.5. The molecule has 0 atom stereocenters.